The molecule has 1 aromatic heterocycles. The summed E-state index contributed by atoms with van der Waals surface area (Å²) in [6.07, 6.45) is -0.149. The maximum atomic E-state index is 12.2. The fraction of sp³-hybridized carbons (Fsp3) is 0.333. The van der Waals surface area contributed by atoms with E-state index in [0.29, 0.717) is 5.56 Å². The largest absolute Gasteiger partial charge is 0.457 e. The Morgan fingerprint density at radius 3 is 2.46 bits per heavy atom. The molecule has 1 N–H and O–H groups in total. The number of rotatable bonds is 8. The molecule has 2 aromatic rings. The van der Waals surface area contributed by atoms with Crippen molar-refractivity contribution in [2.24, 2.45) is 0 Å². The van der Waals surface area contributed by atoms with Crippen LogP contribution in [0.5, 0.6) is 0 Å². The van der Waals surface area contributed by atoms with Crippen molar-refractivity contribution in [2.75, 3.05) is 13.2 Å². The molecule has 0 bridgehead atoms. The summed E-state index contributed by atoms with van der Waals surface area (Å²) >= 11 is 1.09. The third kappa shape index (κ3) is 5.23. The fourth-order valence-electron chi connectivity index (χ4n) is 2.33. The van der Waals surface area contributed by atoms with Gasteiger partial charge in [-0.25, -0.2) is 13.1 Å². The molecule has 0 fully saturated rings. The Morgan fingerprint density at radius 2 is 1.81 bits per heavy atom. The van der Waals surface area contributed by atoms with Gasteiger partial charge < -0.3 is 4.74 Å². The zero-order valence-corrected chi connectivity index (χ0v) is 16.5. The van der Waals surface area contributed by atoms with Crippen LogP contribution in [0.4, 0.5) is 0 Å². The monoisotopic (exact) mass is 395 g/mol. The molecule has 1 heterocycles. The van der Waals surface area contributed by atoms with Gasteiger partial charge in [-0.2, -0.15) is 0 Å². The molecular weight excluding hydrogens is 374 g/mol. The zero-order chi connectivity index (χ0) is 19.3. The topological polar surface area (TPSA) is 89.5 Å². The Kier molecular flexibility index (Phi) is 6.69. The summed E-state index contributed by atoms with van der Waals surface area (Å²) in [4.78, 5) is 24.0. The molecular formula is C18H21NO5S2. The third-order valence-corrected chi connectivity index (χ3v) is 6.74. The van der Waals surface area contributed by atoms with E-state index in [0.717, 1.165) is 28.0 Å². The molecule has 0 radical (unpaired) electrons. The molecule has 0 unspecified atom stereocenters. The van der Waals surface area contributed by atoms with E-state index in [1.807, 2.05) is 26.8 Å². The van der Waals surface area contributed by atoms with Gasteiger partial charge in [-0.3, -0.25) is 9.59 Å². The normalized spacial score (nSPS) is 11.3. The first-order valence-electron chi connectivity index (χ1n) is 8.00. The molecule has 2 rings (SSSR count). The molecule has 8 heteroatoms. The second-order valence-electron chi connectivity index (χ2n) is 5.92. The van der Waals surface area contributed by atoms with E-state index in [1.54, 1.807) is 17.5 Å². The second-order valence-corrected chi connectivity index (χ2v) is 8.86. The molecule has 26 heavy (non-hydrogen) atoms. The fourth-order valence-corrected chi connectivity index (χ4v) is 4.40. The molecule has 0 aliphatic carbocycles. The molecule has 0 saturated carbocycles. The second kappa shape index (κ2) is 8.57. The van der Waals surface area contributed by atoms with Crippen LogP contribution in [0.15, 0.2) is 33.9 Å². The van der Waals surface area contributed by atoms with Gasteiger partial charge in [-0.15, -0.1) is 11.3 Å². The summed E-state index contributed by atoms with van der Waals surface area (Å²) in [7, 11) is -3.61. The predicted octanol–water partition coefficient (Wildman–Crippen LogP) is 2.77. The lowest BCUT2D eigenvalue weighted by atomic mass is 9.98. The number of ether oxygens (including phenoxy) is 1. The van der Waals surface area contributed by atoms with Gasteiger partial charge in [0.05, 0.1) is 6.42 Å². The van der Waals surface area contributed by atoms with Crippen molar-refractivity contribution in [2.45, 2.75) is 31.4 Å². The highest BCUT2D eigenvalue weighted by atomic mass is 32.2. The average molecular weight is 396 g/mol. The van der Waals surface area contributed by atoms with Crippen LogP contribution in [0.2, 0.25) is 0 Å². The van der Waals surface area contributed by atoms with E-state index in [-0.39, 0.29) is 29.6 Å². The highest BCUT2D eigenvalue weighted by Crippen LogP contribution is 2.16. The Hall–Kier alpha value is -2.03. The van der Waals surface area contributed by atoms with E-state index < -0.39 is 16.0 Å². The molecule has 0 amide bonds. The van der Waals surface area contributed by atoms with Crippen LogP contribution in [-0.4, -0.2) is 33.3 Å². The van der Waals surface area contributed by atoms with Gasteiger partial charge in [0.15, 0.2) is 6.61 Å². The van der Waals surface area contributed by atoms with Crippen LogP contribution in [0.25, 0.3) is 0 Å². The quantitative estimate of drug-likeness (QED) is 0.548. The molecule has 6 nitrogen and oxygen atoms in total. The first-order chi connectivity index (χ1) is 12.2. The molecule has 0 saturated heterocycles. The summed E-state index contributed by atoms with van der Waals surface area (Å²) in [5.41, 5.74) is 3.44. The Bertz CT molecular complexity index is 902. The first kappa shape index (κ1) is 20.3. The Morgan fingerprint density at radius 1 is 1.12 bits per heavy atom. The number of esters is 1. The minimum Gasteiger partial charge on any atom is -0.457 e. The molecule has 0 atom stereocenters. The lowest BCUT2D eigenvalue weighted by Crippen LogP contribution is -2.26. The van der Waals surface area contributed by atoms with Crippen LogP contribution < -0.4 is 4.72 Å². The number of carbonyl (C=O) groups excluding carboxylic acids is 2. The number of hydrogen-bond donors (Lipinski definition) is 1. The van der Waals surface area contributed by atoms with Crippen LogP contribution in [-0.2, 0) is 19.6 Å². The van der Waals surface area contributed by atoms with Gasteiger partial charge in [0, 0.05) is 12.1 Å². The number of hydrogen-bond acceptors (Lipinski definition) is 6. The lowest BCUT2D eigenvalue weighted by molar-refractivity contribution is -0.142. The highest BCUT2D eigenvalue weighted by molar-refractivity contribution is 7.91. The zero-order valence-electron chi connectivity index (χ0n) is 14.9. The smallest absolute Gasteiger partial charge is 0.307 e. The number of thiophene rings is 1. The third-order valence-electron chi connectivity index (χ3n) is 3.89. The van der Waals surface area contributed by atoms with Crippen molar-refractivity contribution >= 4 is 33.1 Å². The Balaban J connectivity index is 1.82. The van der Waals surface area contributed by atoms with E-state index in [1.165, 1.54) is 6.07 Å². The molecule has 1 aromatic carbocycles. The Labute approximate surface area is 157 Å². The molecule has 140 valence electrons. The maximum Gasteiger partial charge on any atom is 0.307 e. The van der Waals surface area contributed by atoms with Crippen molar-refractivity contribution in [3.63, 3.8) is 0 Å². The summed E-state index contributed by atoms with van der Waals surface area (Å²) in [6.45, 7) is 5.27. The number of Topliss-reactive ketones (excluding diaryl/α,β-unsaturated/α-hetero) is 1. The highest BCUT2D eigenvalue weighted by Gasteiger charge is 2.16. The van der Waals surface area contributed by atoms with Gasteiger partial charge in [-0.1, -0.05) is 12.1 Å². The minimum atomic E-state index is -3.61. The van der Waals surface area contributed by atoms with Crippen LogP contribution >= 0.6 is 11.3 Å². The van der Waals surface area contributed by atoms with Gasteiger partial charge in [0.25, 0.3) is 0 Å². The maximum absolute atomic E-state index is 12.2. The summed E-state index contributed by atoms with van der Waals surface area (Å²) < 4.78 is 31.3. The van der Waals surface area contributed by atoms with Crippen molar-refractivity contribution in [3.05, 3.63) is 51.9 Å². The standard InChI is InChI=1S/C18H21NO5S2/c1-12-9-14(3)15(10-13(12)2)16(20)11-24-17(21)6-7-19-26(22,23)18-5-4-8-25-18/h4-5,8-10,19H,6-7,11H2,1-3H3. The number of nitrogens with one attached hydrogen (secondary N) is 1. The van der Waals surface area contributed by atoms with Crippen molar-refractivity contribution in [1.82, 2.24) is 4.72 Å². The summed E-state index contributed by atoms with van der Waals surface area (Å²) in [5, 5.41) is 1.66. The minimum absolute atomic E-state index is 0.0874. The van der Waals surface area contributed by atoms with Crippen LogP contribution in [0.3, 0.4) is 0 Å². The number of carbonyl (C=O) groups is 2. The summed E-state index contributed by atoms with van der Waals surface area (Å²) in [5.74, 6) is -0.910. The number of aryl methyl sites for hydroxylation is 3. The lowest BCUT2D eigenvalue weighted by Gasteiger charge is -2.10. The number of sulfonamides is 1. The van der Waals surface area contributed by atoms with Gasteiger partial charge in [0.2, 0.25) is 15.8 Å². The van der Waals surface area contributed by atoms with Gasteiger partial charge >= 0.3 is 5.97 Å². The van der Waals surface area contributed by atoms with E-state index in [2.05, 4.69) is 4.72 Å². The number of ketones is 1. The number of benzene rings is 1. The van der Waals surface area contributed by atoms with Crippen molar-refractivity contribution in [3.8, 4) is 0 Å². The van der Waals surface area contributed by atoms with Gasteiger partial charge in [-0.05, 0) is 55.0 Å². The SMILES string of the molecule is Cc1cc(C)c(C(=O)COC(=O)CCNS(=O)(=O)c2cccs2)cc1C. The van der Waals surface area contributed by atoms with E-state index >= 15 is 0 Å². The van der Waals surface area contributed by atoms with Gasteiger partial charge in [0.1, 0.15) is 4.21 Å². The van der Waals surface area contributed by atoms with E-state index in [9.17, 15) is 18.0 Å². The summed E-state index contributed by atoms with van der Waals surface area (Å²) in [6, 6.07) is 6.82. The average Bonchev–Trinajstić information content (AvgIpc) is 3.11. The predicted molar refractivity (Wildman–Crippen MR) is 100 cm³/mol. The molecule has 0 aliphatic rings. The molecule has 0 aliphatic heterocycles. The molecule has 0 spiro atoms. The van der Waals surface area contributed by atoms with E-state index in [4.69, 9.17) is 4.74 Å². The van der Waals surface area contributed by atoms with Crippen molar-refractivity contribution in [1.29, 1.82) is 0 Å². The van der Waals surface area contributed by atoms with Crippen LogP contribution in [0, 0.1) is 20.8 Å². The van der Waals surface area contributed by atoms with Crippen LogP contribution in [0.1, 0.15) is 33.5 Å². The van der Waals surface area contributed by atoms with Crippen molar-refractivity contribution < 1.29 is 22.7 Å². The first-order valence-corrected chi connectivity index (χ1v) is 10.4.